The van der Waals surface area contributed by atoms with Gasteiger partial charge in [0.1, 0.15) is 6.17 Å². The number of carbonyl (C=O) groups is 1. The Hall–Kier alpha value is -0.690. The first-order chi connectivity index (χ1) is 5.37. The Bertz CT molecular complexity index is 204. The van der Waals surface area contributed by atoms with Crippen molar-refractivity contribution < 1.29 is 15.0 Å². The lowest BCUT2D eigenvalue weighted by Crippen LogP contribution is -2.54. The van der Waals surface area contributed by atoms with Crippen molar-refractivity contribution in [1.29, 1.82) is 0 Å². The van der Waals surface area contributed by atoms with Crippen LogP contribution in [-0.2, 0) is 4.79 Å². The van der Waals surface area contributed by atoms with E-state index in [0.717, 1.165) is 5.01 Å². The Labute approximate surface area is 70.3 Å². The normalized spacial score (nSPS) is 28.7. The van der Waals surface area contributed by atoms with E-state index in [4.69, 9.17) is 0 Å². The first-order valence-electron chi connectivity index (χ1n) is 3.53. The molecular weight excluding hydrogens is 162 g/mol. The molecule has 1 rings (SSSR count). The van der Waals surface area contributed by atoms with E-state index < -0.39 is 17.9 Å². The number of hydrazine groups is 1. The molecule has 0 aromatic rings. The van der Waals surface area contributed by atoms with Crippen molar-refractivity contribution in [2.24, 2.45) is 0 Å². The van der Waals surface area contributed by atoms with Crippen LogP contribution in [0, 0.1) is 0 Å². The van der Waals surface area contributed by atoms with E-state index in [2.05, 4.69) is 5.43 Å². The molecular formula is C6H13N3O3. The van der Waals surface area contributed by atoms with Crippen LogP contribution in [0.5, 0.6) is 0 Å². The molecule has 1 saturated heterocycles. The zero-order chi connectivity index (χ0) is 9.52. The minimum Gasteiger partial charge on any atom is -0.356 e. The SMILES string of the molecule is CN1NC(N(C)C)C(O)(O)C1=O. The summed E-state index contributed by atoms with van der Waals surface area (Å²) in [6, 6.07) is 0. The van der Waals surface area contributed by atoms with Crippen LogP contribution in [0.1, 0.15) is 0 Å². The number of aliphatic hydroxyl groups is 2. The summed E-state index contributed by atoms with van der Waals surface area (Å²) in [5, 5.41) is 19.7. The number of carbonyl (C=O) groups excluding carboxylic acids is 1. The van der Waals surface area contributed by atoms with Gasteiger partial charge in [0.05, 0.1) is 0 Å². The molecule has 1 fully saturated rings. The lowest BCUT2D eigenvalue weighted by atomic mass is 10.2. The smallest absolute Gasteiger partial charge is 0.299 e. The molecule has 1 atom stereocenters. The summed E-state index contributed by atoms with van der Waals surface area (Å²) in [5.74, 6) is -3.08. The van der Waals surface area contributed by atoms with Gasteiger partial charge in [-0.15, -0.1) is 0 Å². The molecule has 12 heavy (non-hydrogen) atoms. The molecule has 1 aliphatic heterocycles. The fraction of sp³-hybridized carbons (Fsp3) is 0.833. The number of nitrogens with one attached hydrogen (secondary N) is 1. The number of rotatable bonds is 1. The summed E-state index contributed by atoms with van der Waals surface area (Å²) < 4.78 is 0. The van der Waals surface area contributed by atoms with Crippen LogP contribution < -0.4 is 5.43 Å². The standard InChI is InChI=1S/C6H13N3O3/c1-8(2)4-6(11,12)5(10)9(3)7-4/h4,7,11-12H,1-3H3. The van der Waals surface area contributed by atoms with E-state index in [1.54, 1.807) is 14.1 Å². The highest BCUT2D eigenvalue weighted by atomic mass is 16.5. The van der Waals surface area contributed by atoms with Gasteiger partial charge in [-0.2, -0.15) is 0 Å². The Morgan fingerprint density at radius 3 is 2.25 bits per heavy atom. The third-order valence-electron chi connectivity index (χ3n) is 1.83. The van der Waals surface area contributed by atoms with E-state index in [9.17, 15) is 15.0 Å². The molecule has 0 radical (unpaired) electrons. The Morgan fingerprint density at radius 1 is 1.58 bits per heavy atom. The van der Waals surface area contributed by atoms with E-state index in [-0.39, 0.29) is 0 Å². The van der Waals surface area contributed by atoms with Gasteiger partial charge < -0.3 is 10.2 Å². The van der Waals surface area contributed by atoms with Crippen LogP contribution in [0.2, 0.25) is 0 Å². The van der Waals surface area contributed by atoms with Gasteiger partial charge in [-0.25, -0.2) is 5.43 Å². The van der Waals surface area contributed by atoms with Gasteiger partial charge in [-0.05, 0) is 14.1 Å². The van der Waals surface area contributed by atoms with Gasteiger partial charge in [-0.3, -0.25) is 14.7 Å². The zero-order valence-electron chi connectivity index (χ0n) is 7.27. The third-order valence-corrected chi connectivity index (χ3v) is 1.83. The van der Waals surface area contributed by atoms with E-state index >= 15 is 0 Å². The van der Waals surface area contributed by atoms with Gasteiger partial charge in [0, 0.05) is 7.05 Å². The van der Waals surface area contributed by atoms with Crippen molar-refractivity contribution in [3.8, 4) is 0 Å². The van der Waals surface area contributed by atoms with Crippen LogP contribution in [-0.4, -0.2) is 59.1 Å². The average molecular weight is 175 g/mol. The second-order valence-corrected chi connectivity index (χ2v) is 3.09. The fourth-order valence-electron chi connectivity index (χ4n) is 1.17. The minimum atomic E-state index is -2.34. The molecule has 6 heteroatoms. The van der Waals surface area contributed by atoms with Crippen LogP contribution in [0.25, 0.3) is 0 Å². The van der Waals surface area contributed by atoms with E-state index in [1.807, 2.05) is 0 Å². The molecule has 0 spiro atoms. The molecule has 1 unspecified atom stereocenters. The average Bonchev–Trinajstić information content (AvgIpc) is 2.13. The fourth-order valence-corrected chi connectivity index (χ4v) is 1.17. The van der Waals surface area contributed by atoms with Crippen LogP contribution in [0.3, 0.4) is 0 Å². The Morgan fingerprint density at radius 2 is 2.08 bits per heavy atom. The summed E-state index contributed by atoms with van der Waals surface area (Å²) in [6.07, 6.45) is -0.796. The molecule has 0 aliphatic carbocycles. The maximum atomic E-state index is 11.1. The molecule has 3 N–H and O–H groups in total. The number of nitrogens with zero attached hydrogens (tertiary/aromatic N) is 2. The lowest BCUT2D eigenvalue weighted by Gasteiger charge is -2.25. The summed E-state index contributed by atoms with van der Waals surface area (Å²) in [7, 11) is 4.73. The van der Waals surface area contributed by atoms with Crippen molar-refractivity contribution in [1.82, 2.24) is 15.3 Å². The van der Waals surface area contributed by atoms with Crippen LogP contribution >= 0.6 is 0 Å². The maximum Gasteiger partial charge on any atom is 0.299 e. The first-order valence-corrected chi connectivity index (χ1v) is 3.53. The molecule has 0 aromatic heterocycles. The lowest BCUT2D eigenvalue weighted by molar-refractivity contribution is -0.196. The summed E-state index contributed by atoms with van der Waals surface area (Å²) in [6.45, 7) is 0. The Kier molecular flexibility index (Phi) is 2.09. The summed E-state index contributed by atoms with van der Waals surface area (Å²) in [4.78, 5) is 12.6. The van der Waals surface area contributed by atoms with Gasteiger partial charge in [0.15, 0.2) is 0 Å². The van der Waals surface area contributed by atoms with Gasteiger partial charge in [-0.1, -0.05) is 0 Å². The molecule has 70 valence electrons. The molecule has 0 aromatic carbocycles. The molecule has 0 saturated carbocycles. The van der Waals surface area contributed by atoms with E-state index in [1.165, 1.54) is 11.9 Å². The number of hydrogen-bond acceptors (Lipinski definition) is 5. The van der Waals surface area contributed by atoms with Gasteiger partial charge in [0.2, 0.25) is 0 Å². The van der Waals surface area contributed by atoms with Crippen molar-refractivity contribution >= 4 is 5.91 Å². The van der Waals surface area contributed by atoms with Crippen molar-refractivity contribution in [3.63, 3.8) is 0 Å². The summed E-state index contributed by atoms with van der Waals surface area (Å²) in [5.41, 5.74) is 2.60. The predicted octanol–water partition coefficient (Wildman–Crippen LogP) is -2.47. The largest absolute Gasteiger partial charge is 0.356 e. The molecule has 1 amide bonds. The second kappa shape index (κ2) is 2.67. The highest BCUT2D eigenvalue weighted by molar-refractivity contribution is 5.85. The maximum absolute atomic E-state index is 11.1. The molecule has 0 bridgehead atoms. The van der Waals surface area contributed by atoms with Gasteiger partial charge >= 0.3 is 0 Å². The zero-order valence-corrected chi connectivity index (χ0v) is 7.27. The quantitative estimate of drug-likeness (QED) is 0.385. The third kappa shape index (κ3) is 1.18. The van der Waals surface area contributed by atoms with Crippen molar-refractivity contribution in [3.05, 3.63) is 0 Å². The van der Waals surface area contributed by atoms with E-state index in [0.29, 0.717) is 0 Å². The molecule has 1 heterocycles. The predicted molar refractivity (Wildman–Crippen MR) is 40.5 cm³/mol. The highest BCUT2D eigenvalue weighted by Gasteiger charge is 2.52. The molecule has 6 nitrogen and oxygen atoms in total. The topological polar surface area (TPSA) is 76.0 Å². The molecule has 1 aliphatic rings. The Balaban J connectivity index is 2.87. The monoisotopic (exact) mass is 175 g/mol. The number of amides is 1. The second-order valence-electron chi connectivity index (χ2n) is 3.09. The van der Waals surface area contributed by atoms with Crippen molar-refractivity contribution in [2.75, 3.05) is 21.1 Å². The van der Waals surface area contributed by atoms with Crippen LogP contribution in [0.4, 0.5) is 0 Å². The van der Waals surface area contributed by atoms with Crippen LogP contribution in [0.15, 0.2) is 0 Å². The number of hydrogen-bond donors (Lipinski definition) is 3. The minimum absolute atomic E-state index is 0.749. The number of likely N-dealkylation sites (N-methyl/N-ethyl adjacent to an activating group) is 2. The summed E-state index contributed by atoms with van der Waals surface area (Å²) >= 11 is 0. The highest BCUT2D eigenvalue weighted by Crippen LogP contribution is 2.17. The van der Waals surface area contributed by atoms with Gasteiger partial charge in [0.25, 0.3) is 11.7 Å². The first kappa shape index (κ1) is 9.40. The van der Waals surface area contributed by atoms with Crippen molar-refractivity contribution in [2.45, 2.75) is 12.0 Å².